The number of nitrogens with zero attached hydrogens (tertiary/aromatic N) is 1. The molecule has 1 atom stereocenters. The van der Waals surface area contributed by atoms with Gasteiger partial charge >= 0.3 is 18.0 Å². The lowest BCUT2D eigenvalue weighted by Gasteiger charge is -2.41. The van der Waals surface area contributed by atoms with Crippen LogP contribution in [0.1, 0.15) is 32.6 Å². The third-order valence-electron chi connectivity index (χ3n) is 3.43. The smallest absolute Gasteiger partial charge is 0.329 e. The van der Waals surface area contributed by atoms with E-state index in [2.05, 4.69) is 10.1 Å². The second-order valence-corrected chi connectivity index (χ2v) is 4.75. The zero-order valence-electron chi connectivity index (χ0n) is 11.3. The van der Waals surface area contributed by atoms with Gasteiger partial charge < -0.3 is 20.1 Å². The Labute approximate surface area is 111 Å². The van der Waals surface area contributed by atoms with E-state index in [0.29, 0.717) is 13.0 Å². The van der Waals surface area contributed by atoms with Crippen molar-refractivity contribution in [1.29, 1.82) is 0 Å². The number of nitrogens with one attached hydrogen (secondary N) is 1. The number of likely N-dealkylation sites (tertiary alicyclic amines) is 1. The molecule has 0 aromatic heterocycles. The van der Waals surface area contributed by atoms with Crippen LogP contribution in [0.2, 0.25) is 0 Å². The Morgan fingerprint density at radius 3 is 2.63 bits per heavy atom. The molecule has 1 saturated heterocycles. The number of hydrogen-bond donors (Lipinski definition) is 2. The van der Waals surface area contributed by atoms with Crippen molar-refractivity contribution in [2.24, 2.45) is 0 Å². The molecule has 0 aromatic carbocycles. The first-order valence-corrected chi connectivity index (χ1v) is 6.27. The van der Waals surface area contributed by atoms with Crippen molar-refractivity contribution in [3.05, 3.63) is 0 Å². The predicted octanol–water partition coefficient (Wildman–Crippen LogP) is 0.588. The summed E-state index contributed by atoms with van der Waals surface area (Å²) in [6, 6.07) is -0.450. The molecule has 2 N–H and O–H groups in total. The fraction of sp³-hybridized carbons (Fsp3) is 0.750. The number of piperidine rings is 1. The number of aliphatic carboxylic acids is 1. The third-order valence-corrected chi connectivity index (χ3v) is 3.43. The summed E-state index contributed by atoms with van der Waals surface area (Å²) in [6.45, 7) is 2.10. The summed E-state index contributed by atoms with van der Waals surface area (Å²) in [4.78, 5) is 35.6. The molecule has 7 nitrogen and oxygen atoms in total. The Balaban J connectivity index is 2.58. The van der Waals surface area contributed by atoms with Gasteiger partial charge in [-0.15, -0.1) is 0 Å². The molecule has 0 radical (unpaired) electrons. The van der Waals surface area contributed by atoms with Gasteiger partial charge in [0.25, 0.3) is 0 Å². The average Bonchev–Trinajstić information content (AvgIpc) is 2.38. The van der Waals surface area contributed by atoms with Gasteiger partial charge in [0.05, 0.1) is 13.5 Å². The van der Waals surface area contributed by atoms with Crippen LogP contribution in [-0.4, -0.2) is 53.7 Å². The van der Waals surface area contributed by atoms with Gasteiger partial charge in [-0.2, -0.15) is 0 Å². The van der Waals surface area contributed by atoms with E-state index < -0.39 is 23.5 Å². The van der Waals surface area contributed by atoms with Crippen LogP contribution in [0.4, 0.5) is 4.79 Å². The monoisotopic (exact) mass is 272 g/mol. The first kappa shape index (κ1) is 15.3. The van der Waals surface area contributed by atoms with Gasteiger partial charge in [0.15, 0.2) is 0 Å². The summed E-state index contributed by atoms with van der Waals surface area (Å²) in [5.74, 6) is -1.42. The number of rotatable bonds is 4. The van der Waals surface area contributed by atoms with Crippen LogP contribution in [0.5, 0.6) is 0 Å². The second-order valence-electron chi connectivity index (χ2n) is 4.75. The number of hydrogen-bond acceptors (Lipinski definition) is 4. The fourth-order valence-electron chi connectivity index (χ4n) is 2.14. The maximum atomic E-state index is 12.0. The number of carboxylic acid groups (broad SMARTS) is 1. The van der Waals surface area contributed by atoms with Crippen molar-refractivity contribution >= 4 is 18.0 Å². The van der Waals surface area contributed by atoms with E-state index in [9.17, 15) is 19.5 Å². The normalized spacial score (nSPS) is 22.7. The SMILES string of the molecule is COC(=O)CCNC(=O)N1CCCCC1(C)C(=O)O. The molecule has 1 heterocycles. The number of carbonyl (C=O) groups is 3. The highest BCUT2D eigenvalue weighted by Gasteiger charge is 2.43. The Morgan fingerprint density at radius 2 is 2.05 bits per heavy atom. The molecule has 1 aliphatic heterocycles. The van der Waals surface area contributed by atoms with E-state index in [0.717, 1.165) is 12.8 Å². The van der Waals surface area contributed by atoms with Crippen LogP contribution in [0.3, 0.4) is 0 Å². The van der Waals surface area contributed by atoms with E-state index in [1.807, 2.05) is 0 Å². The largest absolute Gasteiger partial charge is 0.480 e. The van der Waals surface area contributed by atoms with Gasteiger partial charge in [0.1, 0.15) is 5.54 Å². The molecular formula is C12H20N2O5. The van der Waals surface area contributed by atoms with E-state index in [1.54, 1.807) is 6.92 Å². The average molecular weight is 272 g/mol. The Morgan fingerprint density at radius 1 is 1.37 bits per heavy atom. The standard InChI is InChI=1S/C12H20N2O5/c1-12(10(16)17)6-3-4-8-14(12)11(18)13-7-5-9(15)19-2/h3-8H2,1-2H3,(H,13,18)(H,16,17). The number of carboxylic acids is 1. The van der Waals surface area contributed by atoms with Crippen molar-refractivity contribution in [3.8, 4) is 0 Å². The summed E-state index contributed by atoms with van der Waals surface area (Å²) in [7, 11) is 1.27. The fourth-order valence-corrected chi connectivity index (χ4v) is 2.14. The molecule has 19 heavy (non-hydrogen) atoms. The van der Waals surface area contributed by atoms with E-state index in [1.165, 1.54) is 12.0 Å². The summed E-state index contributed by atoms with van der Waals surface area (Å²) < 4.78 is 4.46. The molecule has 7 heteroatoms. The Kier molecular flexibility index (Phi) is 5.14. The van der Waals surface area contributed by atoms with Crippen LogP contribution in [0.15, 0.2) is 0 Å². The van der Waals surface area contributed by atoms with Crippen LogP contribution in [0.25, 0.3) is 0 Å². The van der Waals surface area contributed by atoms with Crippen LogP contribution >= 0.6 is 0 Å². The minimum atomic E-state index is -1.17. The maximum absolute atomic E-state index is 12.0. The predicted molar refractivity (Wildman–Crippen MR) is 66.6 cm³/mol. The quantitative estimate of drug-likeness (QED) is 0.730. The number of ether oxygens (including phenoxy) is 1. The van der Waals surface area contributed by atoms with Gasteiger partial charge in [-0.25, -0.2) is 9.59 Å². The highest BCUT2D eigenvalue weighted by Crippen LogP contribution is 2.28. The molecule has 0 saturated carbocycles. The third kappa shape index (κ3) is 3.59. The summed E-state index contributed by atoms with van der Waals surface area (Å²) >= 11 is 0. The molecule has 1 unspecified atom stereocenters. The molecular weight excluding hydrogens is 252 g/mol. The first-order valence-electron chi connectivity index (χ1n) is 6.27. The molecule has 1 fully saturated rings. The Bertz CT molecular complexity index is 371. The van der Waals surface area contributed by atoms with Crippen molar-refractivity contribution in [2.75, 3.05) is 20.2 Å². The summed E-state index contributed by atoms with van der Waals surface area (Å²) in [6.07, 6.45) is 2.08. The van der Waals surface area contributed by atoms with Gasteiger partial charge in [-0.05, 0) is 26.2 Å². The molecule has 0 aromatic rings. The molecule has 108 valence electrons. The number of esters is 1. The maximum Gasteiger partial charge on any atom is 0.329 e. The van der Waals surface area contributed by atoms with Gasteiger partial charge in [0, 0.05) is 13.1 Å². The van der Waals surface area contributed by atoms with Crippen molar-refractivity contribution in [3.63, 3.8) is 0 Å². The second kappa shape index (κ2) is 6.40. The zero-order chi connectivity index (χ0) is 14.5. The van der Waals surface area contributed by atoms with Gasteiger partial charge in [-0.3, -0.25) is 4.79 Å². The number of urea groups is 1. The van der Waals surface area contributed by atoms with E-state index >= 15 is 0 Å². The van der Waals surface area contributed by atoms with E-state index in [4.69, 9.17) is 0 Å². The molecule has 1 rings (SSSR count). The van der Waals surface area contributed by atoms with Gasteiger partial charge in [-0.1, -0.05) is 0 Å². The molecule has 0 spiro atoms. The molecule has 0 bridgehead atoms. The van der Waals surface area contributed by atoms with Crippen LogP contribution < -0.4 is 5.32 Å². The minimum Gasteiger partial charge on any atom is -0.480 e. The van der Waals surface area contributed by atoms with Crippen molar-refractivity contribution in [2.45, 2.75) is 38.1 Å². The lowest BCUT2D eigenvalue weighted by atomic mass is 9.89. The van der Waals surface area contributed by atoms with Crippen molar-refractivity contribution in [1.82, 2.24) is 10.2 Å². The van der Waals surface area contributed by atoms with E-state index in [-0.39, 0.29) is 13.0 Å². The van der Waals surface area contributed by atoms with Crippen LogP contribution in [0, 0.1) is 0 Å². The number of amides is 2. The highest BCUT2D eigenvalue weighted by molar-refractivity contribution is 5.86. The summed E-state index contributed by atoms with van der Waals surface area (Å²) in [5.41, 5.74) is -1.17. The number of carbonyl (C=O) groups excluding carboxylic acids is 2. The first-order chi connectivity index (χ1) is 8.91. The van der Waals surface area contributed by atoms with Crippen LogP contribution in [-0.2, 0) is 14.3 Å². The highest BCUT2D eigenvalue weighted by atomic mass is 16.5. The lowest BCUT2D eigenvalue weighted by molar-refractivity contribution is -0.150. The topological polar surface area (TPSA) is 95.9 Å². The Hall–Kier alpha value is -1.79. The lowest BCUT2D eigenvalue weighted by Crippen LogP contribution is -2.60. The molecule has 1 aliphatic rings. The zero-order valence-corrected chi connectivity index (χ0v) is 11.3. The number of methoxy groups -OCH3 is 1. The van der Waals surface area contributed by atoms with Crippen molar-refractivity contribution < 1.29 is 24.2 Å². The minimum absolute atomic E-state index is 0.0693. The van der Waals surface area contributed by atoms with Gasteiger partial charge in [0.2, 0.25) is 0 Å². The molecule has 0 aliphatic carbocycles. The summed E-state index contributed by atoms with van der Waals surface area (Å²) in [5, 5.41) is 11.8. The molecule has 2 amide bonds.